The minimum absolute atomic E-state index is 0.259. The number of furan rings is 1. The second-order valence-corrected chi connectivity index (χ2v) is 6.63. The zero-order valence-electron chi connectivity index (χ0n) is 9.98. The van der Waals surface area contributed by atoms with Crippen LogP contribution in [0.4, 0.5) is 0 Å². The summed E-state index contributed by atoms with van der Waals surface area (Å²) in [5.74, 6) is 1.45. The van der Waals surface area contributed by atoms with Gasteiger partial charge in [0.05, 0.1) is 24.3 Å². The molecule has 96 valence electrons. The summed E-state index contributed by atoms with van der Waals surface area (Å²) in [7, 11) is -0.906. The second-order valence-electron chi connectivity index (χ2n) is 4.33. The van der Waals surface area contributed by atoms with E-state index in [4.69, 9.17) is 4.42 Å². The van der Waals surface area contributed by atoms with Gasteiger partial charge in [0.25, 0.3) is 0 Å². The van der Waals surface area contributed by atoms with E-state index >= 15 is 0 Å². The number of nitrogens with zero attached hydrogens (tertiary/aromatic N) is 1. The lowest BCUT2D eigenvalue weighted by Crippen LogP contribution is -2.39. The third-order valence-electron chi connectivity index (χ3n) is 3.01. The molecule has 0 spiro atoms. The summed E-state index contributed by atoms with van der Waals surface area (Å²) in [5.41, 5.74) is 1.14. The molecule has 1 aromatic heterocycles. The van der Waals surface area contributed by atoms with Crippen LogP contribution in [0.1, 0.15) is 11.3 Å². The monoisotopic (exact) mass is 258 g/mol. The van der Waals surface area contributed by atoms with E-state index < -0.39 is 9.84 Å². The summed E-state index contributed by atoms with van der Waals surface area (Å²) < 4.78 is 28.1. The fourth-order valence-electron chi connectivity index (χ4n) is 1.97. The maximum absolute atomic E-state index is 11.3. The van der Waals surface area contributed by atoms with Crippen molar-refractivity contribution in [2.75, 3.05) is 31.6 Å². The van der Waals surface area contributed by atoms with Crippen molar-refractivity contribution in [1.29, 1.82) is 0 Å². The molecule has 0 bridgehead atoms. The Morgan fingerprint density at radius 1 is 1.41 bits per heavy atom. The molecule has 1 saturated heterocycles. The quantitative estimate of drug-likeness (QED) is 0.837. The van der Waals surface area contributed by atoms with Gasteiger partial charge in [-0.05, 0) is 13.1 Å². The Bertz CT molecular complexity index is 453. The van der Waals surface area contributed by atoms with Crippen molar-refractivity contribution in [2.24, 2.45) is 0 Å². The number of nitrogens with one attached hydrogen (secondary N) is 1. The van der Waals surface area contributed by atoms with Gasteiger partial charge in [-0.1, -0.05) is 0 Å². The van der Waals surface area contributed by atoms with E-state index in [1.165, 1.54) is 0 Å². The molecular weight excluding hydrogens is 240 g/mol. The van der Waals surface area contributed by atoms with Gasteiger partial charge in [-0.25, -0.2) is 8.42 Å². The van der Waals surface area contributed by atoms with E-state index in [0.29, 0.717) is 19.6 Å². The number of hydrogen-bond acceptors (Lipinski definition) is 5. The van der Waals surface area contributed by atoms with Crippen molar-refractivity contribution in [3.05, 3.63) is 23.7 Å². The van der Waals surface area contributed by atoms with Crippen LogP contribution in [0.5, 0.6) is 0 Å². The molecular formula is C11H18N2O3S. The first-order valence-corrected chi connectivity index (χ1v) is 7.55. The van der Waals surface area contributed by atoms with Gasteiger partial charge in [-0.15, -0.1) is 0 Å². The lowest BCUT2D eigenvalue weighted by Gasteiger charge is -2.25. The summed E-state index contributed by atoms with van der Waals surface area (Å²) in [4.78, 5) is 2.12. The highest BCUT2D eigenvalue weighted by Gasteiger charge is 2.22. The number of rotatable bonds is 4. The first-order valence-electron chi connectivity index (χ1n) is 5.73. The highest BCUT2D eigenvalue weighted by Crippen LogP contribution is 2.15. The molecule has 1 aromatic rings. The second kappa shape index (κ2) is 5.20. The van der Waals surface area contributed by atoms with Crippen molar-refractivity contribution in [3.8, 4) is 0 Å². The van der Waals surface area contributed by atoms with Gasteiger partial charge < -0.3 is 9.73 Å². The van der Waals surface area contributed by atoms with E-state index in [0.717, 1.165) is 17.9 Å². The third-order valence-corrected chi connectivity index (χ3v) is 4.62. The predicted octanol–water partition coefficient (Wildman–Crippen LogP) is 0.229. The van der Waals surface area contributed by atoms with Crippen molar-refractivity contribution >= 4 is 9.84 Å². The minimum Gasteiger partial charge on any atom is -0.468 e. The SMILES string of the molecule is CNCc1ccoc1CN1CCS(=O)(=O)CC1. The predicted molar refractivity (Wildman–Crippen MR) is 65.4 cm³/mol. The van der Waals surface area contributed by atoms with E-state index in [9.17, 15) is 8.42 Å². The Morgan fingerprint density at radius 3 is 2.76 bits per heavy atom. The van der Waals surface area contributed by atoms with Gasteiger partial charge in [0, 0.05) is 25.2 Å². The molecule has 5 nitrogen and oxygen atoms in total. The molecule has 1 aliphatic rings. The Hall–Kier alpha value is -0.850. The van der Waals surface area contributed by atoms with E-state index in [1.807, 2.05) is 13.1 Å². The highest BCUT2D eigenvalue weighted by molar-refractivity contribution is 7.91. The Kier molecular flexibility index (Phi) is 3.86. The molecule has 2 rings (SSSR count). The van der Waals surface area contributed by atoms with Crippen LogP contribution in [0.3, 0.4) is 0 Å². The molecule has 0 aromatic carbocycles. The van der Waals surface area contributed by atoms with Gasteiger partial charge in [0.1, 0.15) is 5.76 Å². The molecule has 0 unspecified atom stereocenters. The summed E-state index contributed by atoms with van der Waals surface area (Å²) in [6.07, 6.45) is 1.68. The number of hydrogen-bond donors (Lipinski definition) is 1. The molecule has 0 atom stereocenters. The van der Waals surface area contributed by atoms with Crippen LogP contribution in [0.2, 0.25) is 0 Å². The first kappa shape index (κ1) is 12.6. The molecule has 1 fully saturated rings. The van der Waals surface area contributed by atoms with Crippen LogP contribution < -0.4 is 5.32 Å². The Balaban J connectivity index is 1.95. The van der Waals surface area contributed by atoms with Crippen LogP contribution in [-0.4, -0.2) is 45.0 Å². The van der Waals surface area contributed by atoms with Crippen LogP contribution in [0.15, 0.2) is 16.7 Å². The van der Waals surface area contributed by atoms with Gasteiger partial charge >= 0.3 is 0 Å². The minimum atomic E-state index is -2.80. The molecule has 6 heteroatoms. The van der Waals surface area contributed by atoms with E-state index in [-0.39, 0.29) is 11.5 Å². The lowest BCUT2D eigenvalue weighted by atomic mass is 10.2. The standard InChI is InChI=1S/C11H18N2O3S/c1-12-8-10-2-5-16-11(10)9-13-3-6-17(14,15)7-4-13/h2,5,12H,3-4,6-9H2,1H3. The van der Waals surface area contributed by atoms with Crippen molar-refractivity contribution < 1.29 is 12.8 Å². The fraction of sp³-hybridized carbons (Fsp3) is 0.636. The third kappa shape index (κ3) is 3.31. The van der Waals surface area contributed by atoms with E-state index in [2.05, 4.69) is 10.2 Å². The van der Waals surface area contributed by atoms with Gasteiger partial charge in [-0.2, -0.15) is 0 Å². The smallest absolute Gasteiger partial charge is 0.152 e. The van der Waals surface area contributed by atoms with Gasteiger partial charge in [0.2, 0.25) is 0 Å². The van der Waals surface area contributed by atoms with Crippen LogP contribution >= 0.6 is 0 Å². The zero-order chi connectivity index (χ0) is 12.3. The fourth-order valence-corrected chi connectivity index (χ4v) is 3.24. The molecule has 1 aliphatic heterocycles. The zero-order valence-corrected chi connectivity index (χ0v) is 10.8. The van der Waals surface area contributed by atoms with Crippen molar-refractivity contribution in [3.63, 3.8) is 0 Å². The average molecular weight is 258 g/mol. The first-order chi connectivity index (χ1) is 8.11. The van der Waals surface area contributed by atoms with Gasteiger partial charge in [0.15, 0.2) is 9.84 Å². The topological polar surface area (TPSA) is 62.6 Å². The maximum atomic E-state index is 11.3. The average Bonchev–Trinajstić information content (AvgIpc) is 2.70. The Labute approximate surface area is 102 Å². The largest absolute Gasteiger partial charge is 0.468 e. The van der Waals surface area contributed by atoms with Crippen molar-refractivity contribution in [1.82, 2.24) is 10.2 Å². The van der Waals surface area contributed by atoms with Crippen LogP contribution in [0, 0.1) is 0 Å². The molecule has 0 saturated carbocycles. The molecule has 1 N–H and O–H groups in total. The highest BCUT2D eigenvalue weighted by atomic mass is 32.2. The Morgan fingerprint density at radius 2 is 2.12 bits per heavy atom. The van der Waals surface area contributed by atoms with Crippen LogP contribution in [0.25, 0.3) is 0 Å². The van der Waals surface area contributed by atoms with Crippen molar-refractivity contribution in [2.45, 2.75) is 13.1 Å². The van der Waals surface area contributed by atoms with E-state index in [1.54, 1.807) is 6.26 Å². The molecule has 0 amide bonds. The maximum Gasteiger partial charge on any atom is 0.152 e. The molecule has 17 heavy (non-hydrogen) atoms. The summed E-state index contributed by atoms with van der Waals surface area (Å²) in [6.45, 7) is 2.67. The van der Waals surface area contributed by atoms with Crippen LogP contribution in [-0.2, 0) is 22.9 Å². The van der Waals surface area contributed by atoms with Gasteiger partial charge in [-0.3, -0.25) is 4.90 Å². The molecule has 0 radical (unpaired) electrons. The molecule has 2 heterocycles. The normalized spacial score (nSPS) is 20.5. The summed E-state index contributed by atoms with van der Waals surface area (Å²) >= 11 is 0. The number of sulfone groups is 1. The molecule has 0 aliphatic carbocycles. The lowest BCUT2D eigenvalue weighted by molar-refractivity contribution is 0.261. The summed E-state index contributed by atoms with van der Waals surface area (Å²) in [5, 5.41) is 3.09. The summed E-state index contributed by atoms with van der Waals surface area (Å²) in [6, 6.07) is 1.95.